The molecule has 1 saturated heterocycles. The first kappa shape index (κ1) is 18.9. The van der Waals surface area contributed by atoms with Crippen molar-refractivity contribution >= 4 is 38.7 Å². The summed E-state index contributed by atoms with van der Waals surface area (Å²) in [6, 6.07) is 2.28. The van der Waals surface area contributed by atoms with Crippen molar-refractivity contribution in [1.82, 2.24) is 5.01 Å². The van der Waals surface area contributed by atoms with Crippen LogP contribution >= 0.6 is 0 Å². The van der Waals surface area contributed by atoms with Crippen LogP contribution in [0.1, 0.15) is 19.3 Å². The number of sulfone groups is 1. The first-order valence-electron chi connectivity index (χ1n) is 8.01. The molecule has 0 radical (unpaired) electrons. The summed E-state index contributed by atoms with van der Waals surface area (Å²) in [4.78, 5) is 34.3. The number of carbonyl (C=O) groups excluding carboxylic acids is 2. The lowest BCUT2D eigenvalue weighted by Gasteiger charge is -2.27. The van der Waals surface area contributed by atoms with Gasteiger partial charge in [0.25, 0.3) is 5.91 Å². The highest BCUT2D eigenvalue weighted by Crippen LogP contribution is 2.24. The molecule has 0 aliphatic carbocycles. The van der Waals surface area contributed by atoms with Gasteiger partial charge in [-0.05, 0) is 18.6 Å². The molecule has 0 saturated carbocycles. The van der Waals surface area contributed by atoms with Crippen LogP contribution in [0.3, 0.4) is 0 Å². The van der Waals surface area contributed by atoms with E-state index < -0.39 is 38.2 Å². The van der Waals surface area contributed by atoms with Crippen LogP contribution in [0.5, 0.6) is 0 Å². The van der Waals surface area contributed by atoms with Crippen molar-refractivity contribution in [3.05, 3.63) is 34.1 Å². The van der Waals surface area contributed by atoms with E-state index in [2.05, 4.69) is 10.4 Å². The van der Waals surface area contributed by atoms with Crippen molar-refractivity contribution in [2.24, 2.45) is 5.10 Å². The zero-order valence-corrected chi connectivity index (χ0v) is 14.7. The lowest BCUT2D eigenvalue weighted by Crippen LogP contribution is -2.42. The van der Waals surface area contributed by atoms with Crippen LogP contribution in [0.25, 0.3) is 0 Å². The SMILES string of the molecule is O=C(Nc1ccc(F)c([N+](=O)[O-])c1)C1=NN([C@H]2CCS(=O)(=O)C2)C(=O)CC1. The summed E-state index contributed by atoms with van der Waals surface area (Å²) < 4.78 is 36.6. The Morgan fingerprint density at radius 1 is 1.37 bits per heavy atom. The highest BCUT2D eigenvalue weighted by atomic mass is 32.2. The van der Waals surface area contributed by atoms with Crippen LogP contribution in [0, 0.1) is 15.9 Å². The van der Waals surface area contributed by atoms with Gasteiger partial charge in [0.05, 0.1) is 22.5 Å². The largest absolute Gasteiger partial charge is 0.321 e. The van der Waals surface area contributed by atoms with Gasteiger partial charge in [0.1, 0.15) is 5.71 Å². The highest BCUT2D eigenvalue weighted by molar-refractivity contribution is 7.91. The second-order valence-corrected chi connectivity index (χ2v) is 8.45. The number of benzene rings is 1. The standard InChI is InChI=1S/C15H15FN4O6S/c16-11-2-1-9(7-13(11)20(23)24)17-15(22)12-3-4-14(21)19(18-12)10-5-6-27(25,26)8-10/h1-2,7,10H,3-6,8H2,(H,17,22)/t10-/m0/s1. The molecule has 0 aromatic heterocycles. The minimum absolute atomic E-state index is 0.00249. The number of amides is 2. The summed E-state index contributed by atoms with van der Waals surface area (Å²) in [5.41, 5.74) is -0.792. The molecule has 2 aliphatic rings. The normalized spacial score (nSPS) is 21.7. The molecule has 1 atom stereocenters. The third-order valence-corrected chi connectivity index (χ3v) is 6.03. The van der Waals surface area contributed by atoms with E-state index in [0.717, 1.165) is 23.2 Å². The Labute approximate surface area is 153 Å². The molecule has 2 aliphatic heterocycles. The van der Waals surface area contributed by atoms with E-state index in [-0.39, 0.29) is 48.1 Å². The highest BCUT2D eigenvalue weighted by Gasteiger charge is 2.37. The van der Waals surface area contributed by atoms with Gasteiger partial charge in [-0.2, -0.15) is 9.49 Å². The summed E-state index contributed by atoms with van der Waals surface area (Å²) in [5, 5.41) is 18.2. The van der Waals surface area contributed by atoms with Crippen LogP contribution in [0.4, 0.5) is 15.8 Å². The van der Waals surface area contributed by atoms with E-state index >= 15 is 0 Å². The van der Waals surface area contributed by atoms with Gasteiger partial charge in [0, 0.05) is 24.6 Å². The van der Waals surface area contributed by atoms with Gasteiger partial charge in [-0.1, -0.05) is 0 Å². The number of rotatable bonds is 4. The van der Waals surface area contributed by atoms with Gasteiger partial charge in [0.15, 0.2) is 9.84 Å². The zero-order valence-electron chi connectivity index (χ0n) is 13.9. The molecule has 2 heterocycles. The Hall–Kier alpha value is -2.89. The molecule has 12 heteroatoms. The summed E-state index contributed by atoms with van der Waals surface area (Å²) in [6.07, 6.45) is 0.285. The van der Waals surface area contributed by atoms with Gasteiger partial charge in [0.2, 0.25) is 11.7 Å². The number of nitrogens with one attached hydrogen (secondary N) is 1. The van der Waals surface area contributed by atoms with Gasteiger partial charge in [-0.15, -0.1) is 0 Å². The van der Waals surface area contributed by atoms with Crippen molar-refractivity contribution in [3.63, 3.8) is 0 Å². The fourth-order valence-corrected chi connectivity index (χ4v) is 4.61. The first-order chi connectivity index (χ1) is 12.7. The summed E-state index contributed by atoms with van der Waals surface area (Å²) in [6.45, 7) is 0. The maximum Gasteiger partial charge on any atom is 0.306 e. The number of anilines is 1. The molecule has 1 N–H and O–H groups in total. The number of nitro groups is 1. The Kier molecular flexibility index (Phi) is 4.91. The number of nitrogens with zero attached hydrogens (tertiary/aromatic N) is 3. The molecule has 1 aromatic carbocycles. The van der Waals surface area contributed by atoms with Crippen LogP contribution in [-0.4, -0.2) is 53.4 Å². The molecule has 0 bridgehead atoms. The summed E-state index contributed by atoms with van der Waals surface area (Å²) in [5.74, 6) is -2.36. The minimum Gasteiger partial charge on any atom is -0.321 e. The topological polar surface area (TPSA) is 139 Å². The molecular weight excluding hydrogens is 383 g/mol. The van der Waals surface area contributed by atoms with Gasteiger partial charge >= 0.3 is 5.69 Å². The Bertz CT molecular complexity index is 961. The molecule has 0 unspecified atom stereocenters. The van der Waals surface area contributed by atoms with Crippen molar-refractivity contribution in [2.75, 3.05) is 16.8 Å². The van der Waals surface area contributed by atoms with Crippen LogP contribution in [0.2, 0.25) is 0 Å². The average Bonchev–Trinajstić information content (AvgIpc) is 2.96. The number of nitro benzene ring substituents is 1. The van der Waals surface area contributed by atoms with E-state index in [1.165, 1.54) is 0 Å². The van der Waals surface area contributed by atoms with Crippen molar-refractivity contribution < 1.29 is 27.3 Å². The second kappa shape index (κ2) is 7.02. The second-order valence-electron chi connectivity index (χ2n) is 6.22. The third kappa shape index (κ3) is 4.10. The molecule has 10 nitrogen and oxygen atoms in total. The molecule has 3 rings (SSSR count). The van der Waals surface area contributed by atoms with E-state index in [4.69, 9.17) is 0 Å². The van der Waals surface area contributed by atoms with Crippen molar-refractivity contribution in [3.8, 4) is 0 Å². The molecule has 144 valence electrons. The maximum atomic E-state index is 13.4. The zero-order chi connectivity index (χ0) is 19.8. The lowest BCUT2D eigenvalue weighted by molar-refractivity contribution is -0.387. The van der Waals surface area contributed by atoms with Gasteiger partial charge < -0.3 is 5.32 Å². The minimum atomic E-state index is -3.23. The predicted molar refractivity (Wildman–Crippen MR) is 92.3 cm³/mol. The summed E-state index contributed by atoms with van der Waals surface area (Å²) >= 11 is 0. The number of carbonyl (C=O) groups is 2. The van der Waals surface area contributed by atoms with Crippen molar-refractivity contribution in [2.45, 2.75) is 25.3 Å². The Morgan fingerprint density at radius 3 is 2.74 bits per heavy atom. The fraction of sp³-hybridized carbons (Fsp3) is 0.400. The molecule has 27 heavy (non-hydrogen) atoms. The van der Waals surface area contributed by atoms with Crippen LogP contribution < -0.4 is 5.32 Å². The quantitative estimate of drug-likeness (QED) is 0.589. The van der Waals surface area contributed by atoms with E-state index in [9.17, 15) is 32.5 Å². The van der Waals surface area contributed by atoms with Gasteiger partial charge in [-0.3, -0.25) is 19.7 Å². The molecule has 2 amide bonds. The van der Waals surface area contributed by atoms with Crippen molar-refractivity contribution in [1.29, 1.82) is 0 Å². The average molecular weight is 398 g/mol. The summed E-state index contributed by atoms with van der Waals surface area (Å²) in [7, 11) is -3.23. The lowest BCUT2D eigenvalue weighted by atomic mass is 10.1. The number of hydrazone groups is 1. The van der Waals surface area contributed by atoms with Crippen LogP contribution in [-0.2, 0) is 19.4 Å². The molecule has 0 spiro atoms. The Morgan fingerprint density at radius 2 is 2.11 bits per heavy atom. The monoisotopic (exact) mass is 398 g/mol. The third-order valence-electron chi connectivity index (χ3n) is 4.28. The van der Waals surface area contributed by atoms with E-state index in [0.29, 0.717) is 0 Å². The Balaban J connectivity index is 1.78. The smallest absolute Gasteiger partial charge is 0.306 e. The molecule has 1 fully saturated rings. The number of hydrogen-bond acceptors (Lipinski definition) is 7. The maximum absolute atomic E-state index is 13.4. The predicted octanol–water partition coefficient (Wildman–Crippen LogP) is 0.838. The number of halogens is 1. The molecular formula is C15H15FN4O6S. The molecule has 1 aromatic rings. The van der Waals surface area contributed by atoms with E-state index in [1.807, 2.05) is 0 Å². The van der Waals surface area contributed by atoms with Gasteiger partial charge in [-0.25, -0.2) is 13.4 Å². The fourth-order valence-electron chi connectivity index (χ4n) is 2.92. The first-order valence-corrected chi connectivity index (χ1v) is 9.84. The van der Waals surface area contributed by atoms with Crippen LogP contribution in [0.15, 0.2) is 23.3 Å². The number of hydrogen-bond donors (Lipinski definition) is 1. The van der Waals surface area contributed by atoms with E-state index in [1.54, 1.807) is 0 Å².